The van der Waals surface area contributed by atoms with Crippen LogP contribution in [0.5, 0.6) is 5.75 Å². The summed E-state index contributed by atoms with van der Waals surface area (Å²) in [5, 5.41) is 0.881. The predicted molar refractivity (Wildman–Crippen MR) is 65.8 cm³/mol. The summed E-state index contributed by atoms with van der Waals surface area (Å²) < 4.78 is 33.2. The quantitative estimate of drug-likeness (QED) is 0.790. The molecule has 1 heterocycles. The first-order chi connectivity index (χ1) is 7.93. The van der Waals surface area contributed by atoms with Crippen molar-refractivity contribution >= 4 is 21.1 Å². The Bertz CT molecular complexity index is 652. The van der Waals surface area contributed by atoms with E-state index >= 15 is 0 Å². The van der Waals surface area contributed by atoms with Gasteiger partial charge in [0, 0.05) is 5.39 Å². The van der Waals surface area contributed by atoms with E-state index in [1.165, 1.54) is 0 Å². The number of furan rings is 1. The van der Waals surface area contributed by atoms with Crippen molar-refractivity contribution in [2.24, 2.45) is 0 Å². The smallest absolute Gasteiger partial charge is 0.308 e. The summed E-state index contributed by atoms with van der Waals surface area (Å²) in [5.74, 6) is 1.10. The van der Waals surface area contributed by atoms with Gasteiger partial charge < -0.3 is 8.60 Å². The normalized spacial score (nSPS) is 11.9. The van der Waals surface area contributed by atoms with E-state index in [1.54, 1.807) is 25.1 Å². The van der Waals surface area contributed by atoms with Gasteiger partial charge in [0.2, 0.25) is 0 Å². The number of fused-ring (bicyclic) bond motifs is 1. The summed E-state index contributed by atoms with van der Waals surface area (Å²) >= 11 is 0. The third-order valence-corrected chi connectivity index (χ3v) is 3.88. The summed E-state index contributed by atoms with van der Waals surface area (Å²) in [5.41, 5.74) is 1.74. The first-order valence-corrected chi connectivity index (χ1v) is 6.92. The van der Waals surface area contributed by atoms with Gasteiger partial charge in [-0.2, -0.15) is 8.42 Å². The molecule has 1 aromatic carbocycles. The molecule has 0 spiro atoms. The van der Waals surface area contributed by atoms with Crippen LogP contribution in [0.2, 0.25) is 0 Å². The fourth-order valence-corrected chi connectivity index (χ4v) is 2.09. The van der Waals surface area contributed by atoms with Crippen LogP contribution in [0.1, 0.15) is 18.2 Å². The summed E-state index contributed by atoms with van der Waals surface area (Å²) in [6, 6.07) is 5.00. The average molecular weight is 254 g/mol. The Balaban J connectivity index is 2.48. The van der Waals surface area contributed by atoms with Crippen LogP contribution in [0, 0.1) is 13.8 Å². The van der Waals surface area contributed by atoms with Crippen LogP contribution in [-0.2, 0) is 10.1 Å². The van der Waals surface area contributed by atoms with E-state index in [0.29, 0.717) is 5.75 Å². The third-order valence-electron chi connectivity index (χ3n) is 2.72. The standard InChI is InChI=1S/C12H14O4S/c1-4-17(13,14)16-10-5-6-12-11(7-10)8(2)9(3)15-12/h5-7H,4H2,1-3H3. The fourth-order valence-electron chi connectivity index (χ4n) is 1.58. The van der Waals surface area contributed by atoms with Gasteiger partial charge in [-0.15, -0.1) is 0 Å². The molecule has 5 heteroatoms. The van der Waals surface area contributed by atoms with E-state index in [2.05, 4.69) is 0 Å². The second-order valence-electron chi connectivity index (χ2n) is 3.87. The zero-order valence-electron chi connectivity index (χ0n) is 9.98. The molecule has 0 radical (unpaired) electrons. The van der Waals surface area contributed by atoms with E-state index in [9.17, 15) is 8.42 Å². The maximum Gasteiger partial charge on any atom is 0.308 e. The SMILES string of the molecule is CCS(=O)(=O)Oc1ccc2oc(C)c(C)c2c1. The molecule has 2 rings (SSSR count). The summed E-state index contributed by atoms with van der Waals surface area (Å²) in [7, 11) is -3.48. The Morgan fingerprint density at radius 3 is 2.65 bits per heavy atom. The first kappa shape index (κ1) is 12.0. The lowest BCUT2D eigenvalue weighted by molar-refractivity contribution is 0.487. The number of aryl methyl sites for hydroxylation is 2. The van der Waals surface area contributed by atoms with E-state index in [1.807, 2.05) is 13.8 Å². The van der Waals surface area contributed by atoms with Crippen LogP contribution in [0.4, 0.5) is 0 Å². The van der Waals surface area contributed by atoms with Crippen LogP contribution in [0.3, 0.4) is 0 Å². The lowest BCUT2D eigenvalue weighted by atomic mass is 10.1. The highest BCUT2D eigenvalue weighted by Gasteiger charge is 2.12. The fraction of sp³-hybridized carbons (Fsp3) is 0.333. The van der Waals surface area contributed by atoms with E-state index < -0.39 is 10.1 Å². The second kappa shape index (κ2) is 4.07. The highest BCUT2D eigenvalue weighted by Crippen LogP contribution is 2.28. The molecule has 0 saturated heterocycles. The first-order valence-electron chi connectivity index (χ1n) is 5.35. The van der Waals surface area contributed by atoms with Crippen molar-refractivity contribution in [2.75, 3.05) is 5.75 Å². The van der Waals surface area contributed by atoms with Gasteiger partial charge in [0.05, 0.1) is 5.75 Å². The van der Waals surface area contributed by atoms with Gasteiger partial charge in [-0.1, -0.05) is 0 Å². The summed E-state index contributed by atoms with van der Waals surface area (Å²) in [6.45, 7) is 5.35. The van der Waals surface area contributed by atoms with Gasteiger partial charge in [0.15, 0.2) is 0 Å². The van der Waals surface area contributed by atoms with Crippen molar-refractivity contribution < 1.29 is 17.0 Å². The maximum atomic E-state index is 11.3. The molecule has 0 aliphatic rings. The molecule has 0 bridgehead atoms. The Hall–Kier alpha value is -1.49. The van der Waals surface area contributed by atoms with Gasteiger partial charge in [-0.25, -0.2) is 0 Å². The molecule has 1 aromatic heterocycles. The van der Waals surface area contributed by atoms with Gasteiger partial charge in [-0.05, 0) is 44.5 Å². The Kier molecular flexibility index (Phi) is 2.87. The average Bonchev–Trinajstić information content (AvgIpc) is 2.55. The largest absolute Gasteiger partial charge is 0.461 e. The number of hydrogen-bond acceptors (Lipinski definition) is 4. The van der Waals surface area contributed by atoms with Crippen molar-refractivity contribution in [3.8, 4) is 5.75 Å². The van der Waals surface area contributed by atoms with Crippen molar-refractivity contribution in [3.05, 3.63) is 29.5 Å². The molecule has 0 saturated carbocycles. The molecule has 0 amide bonds. The zero-order valence-corrected chi connectivity index (χ0v) is 10.8. The van der Waals surface area contributed by atoms with Crippen molar-refractivity contribution in [3.63, 3.8) is 0 Å². The Labute approximate surface area is 100 Å². The molecular weight excluding hydrogens is 240 g/mol. The van der Waals surface area contributed by atoms with Crippen molar-refractivity contribution in [1.82, 2.24) is 0 Å². The minimum Gasteiger partial charge on any atom is -0.461 e. The number of rotatable bonds is 3. The molecule has 0 fully saturated rings. The molecule has 92 valence electrons. The third kappa shape index (κ3) is 2.29. The molecule has 0 atom stereocenters. The van der Waals surface area contributed by atoms with Crippen LogP contribution >= 0.6 is 0 Å². The molecule has 4 nitrogen and oxygen atoms in total. The van der Waals surface area contributed by atoms with Crippen LogP contribution in [0.25, 0.3) is 11.0 Å². The molecular formula is C12H14O4S. The summed E-state index contributed by atoms with van der Waals surface area (Å²) in [4.78, 5) is 0. The Morgan fingerprint density at radius 2 is 2.00 bits per heavy atom. The molecule has 2 aromatic rings. The molecule has 0 unspecified atom stereocenters. The molecule has 17 heavy (non-hydrogen) atoms. The number of benzene rings is 1. The van der Waals surface area contributed by atoms with Crippen molar-refractivity contribution in [2.45, 2.75) is 20.8 Å². The minimum atomic E-state index is -3.48. The maximum absolute atomic E-state index is 11.3. The lowest BCUT2D eigenvalue weighted by Gasteiger charge is -2.04. The van der Waals surface area contributed by atoms with Gasteiger partial charge in [-0.3, -0.25) is 0 Å². The summed E-state index contributed by atoms with van der Waals surface area (Å²) in [6.07, 6.45) is 0. The zero-order chi connectivity index (χ0) is 12.6. The van der Waals surface area contributed by atoms with Gasteiger partial charge in [0.25, 0.3) is 0 Å². The van der Waals surface area contributed by atoms with Crippen LogP contribution < -0.4 is 4.18 Å². The molecule has 0 N–H and O–H groups in total. The second-order valence-corrected chi connectivity index (χ2v) is 5.73. The van der Waals surface area contributed by atoms with Crippen molar-refractivity contribution in [1.29, 1.82) is 0 Å². The van der Waals surface area contributed by atoms with E-state index in [4.69, 9.17) is 8.60 Å². The van der Waals surface area contributed by atoms with Gasteiger partial charge in [0.1, 0.15) is 17.1 Å². The topological polar surface area (TPSA) is 56.5 Å². The van der Waals surface area contributed by atoms with Gasteiger partial charge >= 0.3 is 10.1 Å². The highest BCUT2D eigenvalue weighted by molar-refractivity contribution is 7.87. The number of hydrogen-bond donors (Lipinski definition) is 0. The molecule has 0 aliphatic carbocycles. The van der Waals surface area contributed by atoms with E-state index in [-0.39, 0.29) is 5.75 Å². The predicted octanol–water partition coefficient (Wildman–Crippen LogP) is 2.78. The monoisotopic (exact) mass is 254 g/mol. The molecule has 0 aliphatic heterocycles. The highest BCUT2D eigenvalue weighted by atomic mass is 32.2. The Morgan fingerprint density at radius 1 is 1.29 bits per heavy atom. The van der Waals surface area contributed by atoms with E-state index in [0.717, 1.165) is 22.3 Å². The minimum absolute atomic E-state index is 0.0472. The van der Waals surface area contributed by atoms with Crippen LogP contribution in [0.15, 0.2) is 22.6 Å². The van der Waals surface area contributed by atoms with Crippen LogP contribution in [-0.4, -0.2) is 14.2 Å². The lowest BCUT2D eigenvalue weighted by Crippen LogP contribution is -2.11.